The van der Waals surface area contributed by atoms with E-state index in [1.165, 1.54) is 0 Å². The number of carbonyl (C=O) groups is 1. The minimum atomic E-state index is -0.0113. The fourth-order valence-electron chi connectivity index (χ4n) is 1.33. The SMILES string of the molecule is CC(CO)C(C)N1CCNC1=O. The van der Waals surface area contributed by atoms with E-state index >= 15 is 0 Å². The number of amides is 2. The molecule has 0 aliphatic carbocycles. The van der Waals surface area contributed by atoms with E-state index in [0.717, 1.165) is 13.1 Å². The van der Waals surface area contributed by atoms with Crippen LogP contribution in [0.4, 0.5) is 4.79 Å². The standard InChI is InChI=1S/C8H16N2O2/c1-6(5-11)7(2)10-4-3-9-8(10)12/h6-7,11H,3-5H2,1-2H3,(H,9,12). The molecular weight excluding hydrogens is 156 g/mol. The largest absolute Gasteiger partial charge is 0.396 e. The van der Waals surface area contributed by atoms with Crippen molar-refractivity contribution in [3.8, 4) is 0 Å². The Morgan fingerprint density at radius 2 is 2.33 bits per heavy atom. The second-order valence-electron chi connectivity index (χ2n) is 3.33. The third-order valence-electron chi connectivity index (χ3n) is 2.49. The van der Waals surface area contributed by atoms with Crippen LogP contribution in [0.2, 0.25) is 0 Å². The number of aliphatic hydroxyl groups is 1. The molecule has 1 saturated heterocycles. The van der Waals surface area contributed by atoms with E-state index in [1.807, 2.05) is 13.8 Å². The maximum Gasteiger partial charge on any atom is 0.317 e. The van der Waals surface area contributed by atoms with E-state index in [2.05, 4.69) is 5.32 Å². The van der Waals surface area contributed by atoms with Crippen LogP contribution in [0.5, 0.6) is 0 Å². The van der Waals surface area contributed by atoms with Gasteiger partial charge in [0.15, 0.2) is 0 Å². The van der Waals surface area contributed by atoms with Crippen molar-refractivity contribution in [1.82, 2.24) is 10.2 Å². The van der Waals surface area contributed by atoms with Gasteiger partial charge in [-0.3, -0.25) is 0 Å². The normalized spacial score (nSPS) is 22.2. The highest BCUT2D eigenvalue weighted by atomic mass is 16.3. The molecule has 2 N–H and O–H groups in total. The molecule has 0 saturated carbocycles. The number of nitrogens with zero attached hydrogens (tertiary/aromatic N) is 1. The molecule has 2 amide bonds. The Morgan fingerprint density at radius 1 is 1.67 bits per heavy atom. The zero-order valence-electron chi connectivity index (χ0n) is 7.58. The molecule has 1 heterocycles. The van der Waals surface area contributed by atoms with Crippen molar-refractivity contribution in [3.63, 3.8) is 0 Å². The molecule has 1 rings (SSSR count). The predicted octanol–water partition coefficient (Wildman–Crippen LogP) is 0.0285. The van der Waals surface area contributed by atoms with E-state index < -0.39 is 0 Å². The summed E-state index contributed by atoms with van der Waals surface area (Å²) in [7, 11) is 0. The molecule has 4 heteroatoms. The lowest BCUT2D eigenvalue weighted by atomic mass is 10.0. The van der Waals surface area contributed by atoms with Crippen molar-refractivity contribution in [2.75, 3.05) is 19.7 Å². The number of hydrogen-bond donors (Lipinski definition) is 2. The average molecular weight is 172 g/mol. The fourth-order valence-corrected chi connectivity index (χ4v) is 1.33. The molecule has 0 bridgehead atoms. The lowest BCUT2D eigenvalue weighted by Crippen LogP contribution is -2.40. The molecule has 0 spiro atoms. The molecule has 1 fully saturated rings. The predicted molar refractivity (Wildman–Crippen MR) is 45.8 cm³/mol. The van der Waals surface area contributed by atoms with Gasteiger partial charge < -0.3 is 15.3 Å². The van der Waals surface area contributed by atoms with Gasteiger partial charge in [0.25, 0.3) is 0 Å². The molecule has 0 radical (unpaired) electrons. The highest BCUT2D eigenvalue weighted by Crippen LogP contribution is 2.12. The Balaban J connectivity index is 2.51. The number of carbonyl (C=O) groups excluding carboxylic acids is 1. The summed E-state index contributed by atoms with van der Waals surface area (Å²) in [6, 6.07) is 0.111. The highest BCUT2D eigenvalue weighted by Gasteiger charge is 2.27. The molecule has 2 atom stereocenters. The average Bonchev–Trinajstić information content (AvgIpc) is 2.48. The molecule has 4 nitrogen and oxygen atoms in total. The maximum absolute atomic E-state index is 11.2. The molecular formula is C8H16N2O2. The molecule has 1 aliphatic rings. The van der Waals surface area contributed by atoms with Gasteiger partial charge in [-0.1, -0.05) is 6.92 Å². The fraction of sp³-hybridized carbons (Fsp3) is 0.875. The van der Waals surface area contributed by atoms with Crippen LogP contribution >= 0.6 is 0 Å². The van der Waals surface area contributed by atoms with Crippen molar-refractivity contribution in [2.24, 2.45) is 5.92 Å². The summed E-state index contributed by atoms with van der Waals surface area (Å²) in [6.45, 7) is 5.51. The first kappa shape index (κ1) is 9.32. The van der Waals surface area contributed by atoms with Gasteiger partial charge in [-0.05, 0) is 12.8 Å². The summed E-state index contributed by atoms with van der Waals surface area (Å²) in [5.74, 6) is 0.147. The maximum atomic E-state index is 11.2. The van der Waals surface area contributed by atoms with Crippen LogP contribution in [0, 0.1) is 5.92 Å². The Morgan fingerprint density at radius 3 is 2.75 bits per heavy atom. The van der Waals surface area contributed by atoms with Crippen molar-refractivity contribution in [2.45, 2.75) is 19.9 Å². The van der Waals surface area contributed by atoms with Gasteiger partial charge in [0.05, 0.1) is 0 Å². The minimum absolute atomic E-state index is 0.0113. The minimum Gasteiger partial charge on any atom is -0.396 e. The van der Waals surface area contributed by atoms with E-state index in [1.54, 1.807) is 4.90 Å². The molecule has 0 aromatic rings. The highest BCUT2D eigenvalue weighted by molar-refractivity contribution is 5.76. The second kappa shape index (κ2) is 3.76. The lowest BCUT2D eigenvalue weighted by Gasteiger charge is -2.27. The Bertz CT molecular complexity index is 172. The topological polar surface area (TPSA) is 52.6 Å². The van der Waals surface area contributed by atoms with Gasteiger partial charge in [0.1, 0.15) is 0 Å². The van der Waals surface area contributed by atoms with Crippen LogP contribution in [0.3, 0.4) is 0 Å². The number of aliphatic hydroxyl groups excluding tert-OH is 1. The third kappa shape index (κ3) is 1.69. The van der Waals surface area contributed by atoms with Crippen LogP contribution in [0.1, 0.15) is 13.8 Å². The Hall–Kier alpha value is -0.770. The summed E-state index contributed by atoms with van der Waals surface area (Å²) in [4.78, 5) is 12.9. The number of nitrogens with one attached hydrogen (secondary N) is 1. The van der Waals surface area contributed by atoms with Crippen LogP contribution in [0.25, 0.3) is 0 Å². The summed E-state index contributed by atoms with van der Waals surface area (Å²) in [6.07, 6.45) is 0. The molecule has 12 heavy (non-hydrogen) atoms. The summed E-state index contributed by atoms with van der Waals surface area (Å²) >= 11 is 0. The van der Waals surface area contributed by atoms with Gasteiger partial charge in [0, 0.05) is 25.7 Å². The lowest BCUT2D eigenvalue weighted by molar-refractivity contribution is 0.144. The second-order valence-corrected chi connectivity index (χ2v) is 3.33. The van der Waals surface area contributed by atoms with Crippen LogP contribution in [-0.2, 0) is 0 Å². The monoisotopic (exact) mass is 172 g/mol. The van der Waals surface area contributed by atoms with Gasteiger partial charge in [-0.2, -0.15) is 0 Å². The van der Waals surface area contributed by atoms with Gasteiger partial charge in [-0.15, -0.1) is 0 Å². The van der Waals surface area contributed by atoms with Crippen molar-refractivity contribution in [1.29, 1.82) is 0 Å². The molecule has 2 unspecified atom stereocenters. The van der Waals surface area contributed by atoms with Crippen molar-refractivity contribution in [3.05, 3.63) is 0 Å². The molecule has 1 aliphatic heterocycles. The van der Waals surface area contributed by atoms with Crippen LogP contribution < -0.4 is 5.32 Å². The zero-order chi connectivity index (χ0) is 9.14. The third-order valence-corrected chi connectivity index (χ3v) is 2.49. The smallest absolute Gasteiger partial charge is 0.317 e. The Labute approximate surface area is 72.6 Å². The van der Waals surface area contributed by atoms with E-state index in [0.29, 0.717) is 0 Å². The summed E-state index contributed by atoms with van der Waals surface area (Å²) in [5, 5.41) is 11.6. The first-order valence-electron chi connectivity index (χ1n) is 4.32. The summed E-state index contributed by atoms with van der Waals surface area (Å²) < 4.78 is 0. The van der Waals surface area contributed by atoms with Gasteiger partial charge in [0.2, 0.25) is 0 Å². The van der Waals surface area contributed by atoms with Crippen molar-refractivity contribution < 1.29 is 9.90 Å². The number of urea groups is 1. The van der Waals surface area contributed by atoms with E-state index in [4.69, 9.17) is 5.11 Å². The van der Waals surface area contributed by atoms with Crippen LogP contribution in [-0.4, -0.2) is 41.8 Å². The summed E-state index contributed by atoms with van der Waals surface area (Å²) in [5.41, 5.74) is 0. The number of rotatable bonds is 3. The first-order chi connectivity index (χ1) is 5.66. The van der Waals surface area contributed by atoms with Crippen molar-refractivity contribution >= 4 is 6.03 Å². The van der Waals surface area contributed by atoms with E-state index in [9.17, 15) is 4.79 Å². The zero-order valence-corrected chi connectivity index (χ0v) is 7.58. The molecule has 0 aromatic heterocycles. The first-order valence-corrected chi connectivity index (χ1v) is 4.32. The van der Waals surface area contributed by atoms with Crippen LogP contribution in [0.15, 0.2) is 0 Å². The van der Waals surface area contributed by atoms with Gasteiger partial charge >= 0.3 is 6.03 Å². The molecule has 0 aromatic carbocycles. The quantitative estimate of drug-likeness (QED) is 0.631. The van der Waals surface area contributed by atoms with Gasteiger partial charge in [-0.25, -0.2) is 4.79 Å². The molecule has 70 valence electrons. The Kier molecular flexibility index (Phi) is 2.92. The number of hydrogen-bond acceptors (Lipinski definition) is 2. The van der Waals surface area contributed by atoms with E-state index in [-0.39, 0.29) is 24.6 Å².